The van der Waals surface area contributed by atoms with Crippen molar-refractivity contribution in [3.63, 3.8) is 0 Å². The molecule has 5 atom stereocenters. The third-order valence-electron chi connectivity index (χ3n) is 5.08. The van der Waals surface area contributed by atoms with Crippen LogP contribution in [0.3, 0.4) is 0 Å². The number of hydrogen-bond donors (Lipinski definition) is 3. The van der Waals surface area contributed by atoms with Crippen molar-refractivity contribution in [3.05, 3.63) is 58.7 Å². The Balaban J connectivity index is 1.75. The van der Waals surface area contributed by atoms with Crippen LogP contribution in [0, 0.1) is 17.5 Å². The molecular formula is C19H16BrF3N4O7S2. The Kier molecular flexibility index (Phi) is 8.01. The van der Waals surface area contributed by atoms with Crippen molar-refractivity contribution in [2.75, 3.05) is 6.61 Å². The summed E-state index contributed by atoms with van der Waals surface area (Å²) in [6.07, 6.45) is -0.514. The zero-order valence-electron chi connectivity index (χ0n) is 17.6. The molecule has 1 fully saturated rings. The highest BCUT2D eigenvalue weighted by atomic mass is 79.9. The Morgan fingerprint density at radius 3 is 2.50 bits per heavy atom. The number of pyridine rings is 1. The lowest BCUT2D eigenvalue weighted by atomic mass is 9.97. The molecule has 11 nitrogen and oxygen atoms in total. The van der Waals surface area contributed by atoms with Gasteiger partial charge in [-0.1, -0.05) is 17.0 Å². The summed E-state index contributed by atoms with van der Waals surface area (Å²) < 4.78 is 85.5. The van der Waals surface area contributed by atoms with Gasteiger partial charge < -0.3 is 14.9 Å². The van der Waals surface area contributed by atoms with Gasteiger partial charge in [0, 0.05) is 27.3 Å². The Morgan fingerprint density at radius 1 is 1.19 bits per heavy atom. The maximum absolute atomic E-state index is 13.7. The lowest BCUT2D eigenvalue weighted by Gasteiger charge is -2.42. The second-order valence-electron chi connectivity index (χ2n) is 7.49. The molecule has 2 unspecified atom stereocenters. The summed E-state index contributed by atoms with van der Waals surface area (Å²) in [4.78, 5) is 4.47. The quantitative estimate of drug-likeness (QED) is 0.265. The van der Waals surface area contributed by atoms with E-state index in [2.05, 4.69) is 31.2 Å². The highest BCUT2D eigenvalue weighted by Crippen LogP contribution is 2.40. The number of halogens is 4. The van der Waals surface area contributed by atoms with Crippen molar-refractivity contribution >= 4 is 38.1 Å². The molecule has 1 aromatic carbocycles. The van der Waals surface area contributed by atoms with Crippen LogP contribution in [0.1, 0.15) is 6.04 Å². The summed E-state index contributed by atoms with van der Waals surface area (Å²) in [5, 5.41) is 28.2. The molecule has 2 aromatic heterocycles. The minimum Gasteiger partial charge on any atom is -0.394 e. The van der Waals surface area contributed by atoms with Crippen LogP contribution in [0.25, 0.3) is 11.3 Å². The van der Waals surface area contributed by atoms with Gasteiger partial charge in [-0.15, -0.1) is 5.10 Å². The van der Waals surface area contributed by atoms with E-state index in [9.17, 15) is 36.4 Å². The smallest absolute Gasteiger partial charge is 0.394 e. The van der Waals surface area contributed by atoms with Crippen LogP contribution in [-0.4, -0.2) is 73.5 Å². The van der Waals surface area contributed by atoms with Gasteiger partial charge in [-0.05, 0) is 34.1 Å². The molecule has 4 rings (SSSR count). The summed E-state index contributed by atoms with van der Waals surface area (Å²) in [6.45, 7) is -0.694. The minimum atomic E-state index is -5.10. The fourth-order valence-electron chi connectivity index (χ4n) is 3.55. The van der Waals surface area contributed by atoms with Gasteiger partial charge in [-0.3, -0.25) is 9.54 Å². The van der Waals surface area contributed by atoms with Crippen LogP contribution >= 0.6 is 27.7 Å². The summed E-state index contributed by atoms with van der Waals surface area (Å²) in [6, 6.07) is 1.54. The van der Waals surface area contributed by atoms with Crippen LogP contribution in [0.2, 0.25) is 0 Å². The van der Waals surface area contributed by atoms with Crippen molar-refractivity contribution in [1.82, 2.24) is 20.0 Å². The number of hydrogen-bond acceptors (Lipinski definition) is 10. The number of nitrogens with zero attached hydrogens (tertiary/aromatic N) is 4. The molecule has 17 heteroatoms. The van der Waals surface area contributed by atoms with Gasteiger partial charge in [0.15, 0.2) is 17.5 Å². The van der Waals surface area contributed by atoms with E-state index in [-0.39, 0.29) is 11.3 Å². The number of rotatable bonds is 7. The Hall–Kier alpha value is -2.12. The molecule has 0 aliphatic carbocycles. The third kappa shape index (κ3) is 5.88. The fourth-order valence-corrected chi connectivity index (χ4v) is 5.77. The number of aromatic nitrogens is 4. The average molecular weight is 613 g/mol. The molecular weight excluding hydrogens is 597 g/mol. The van der Waals surface area contributed by atoms with Gasteiger partial charge >= 0.3 is 10.4 Å². The number of benzene rings is 1. The molecule has 3 heterocycles. The topological polar surface area (TPSA) is 157 Å². The molecule has 3 N–H and O–H groups in total. The predicted octanol–water partition coefficient (Wildman–Crippen LogP) is 2.12. The lowest BCUT2D eigenvalue weighted by molar-refractivity contribution is -0.172. The fraction of sp³-hybridized carbons (Fsp3) is 0.316. The number of thioether (sulfide) groups is 1. The highest BCUT2D eigenvalue weighted by Gasteiger charge is 2.49. The molecule has 36 heavy (non-hydrogen) atoms. The summed E-state index contributed by atoms with van der Waals surface area (Å²) >= 11 is 4.17. The molecule has 194 valence electrons. The summed E-state index contributed by atoms with van der Waals surface area (Å²) in [5.74, 6) is -4.63. The van der Waals surface area contributed by atoms with Gasteiger partial charge in [0.05, 0.1) is 12.8 Å². The van der Waals surface area contributed by atoms with Crippen LogP contribution in [0.5, 0.6) is 0 Å². The number of ether oxygens (including phenoxy) is 1. The van der Waals surface area contributed by atoms with Crippen molar-refractivity contribution < 1.29 is 45.3 Å². The van der Waals surface area contributed by atoms with Crippen LogP contribution in [0.15, 0.2) is 46.2 Å². The second-order valence-corrected chi connectivity index (χ2v) is 10.6. The summed E-state index contributed by atoms with van der Waals surface area (Å²) in [7, 11) is -5.10. The SMILES string of the molecule is O=S(=O)(O)OC1[C@@H](Sc2cncc(Br)c2)OC(CO)[C@H](O)[C@@H]1n1cc(-c2cc(F)c(F)c(F)c2)nn1. The Morgan fingerprint density at radius 2 is 1.89 bits per heavy atom. The largest absolute Gasteiger partial charge is 0.397 e. The molecule has 0 bridgehead atoms. The lowest BCUT2D eigenvalue weighted by Crippen LogP contribution is -2.56. The van der Waals surface area contributed by atoms with Crippen molar-refractivity contribution in [2.24, 2.45) is 0 Å². The maximum Gasteiger partial charge on any atom is 0.397 e. The van der Waals surface area contributed by atoms with Crippen LogP contribution in [-0.2, 0) is 19.3 Å². The standard InChI is InChI=1S/C19H16BrF3N4O7S2/c20-9-3-10(5-24-4-9)35-19-18(34-36(30,31)32)16(17(29)14(7-28)33-19)27-6-13(25-26-27)8-1-11(21)15(23)12(22)2-8/h1-6,14,16-19,28-29H,7H2,(H,30,31,32)/t14?,16-,17-,18?,19+/m0/s1. The van der Waals surface area contributed by atoms with E-state index >= 15 is 0 Å². The number of aliphatic hydroxyl groups is 2. The molecule has 1 saturated heterocycles. The van der Waals surface area contributed by atoms with Crippen molar-refractivity contribution in [3.8, 4) is 11.3 Å². The van der Waals surface area contributed by atoms with E-state index in [0.29, 0.717) is 21.5 Å². The van der Waals surface area contributed by atoms with E-state index in [4.69, 9.17) is 8.92 Å². The minimum absolute atomic E-state index is 0.155. The van der Waals surface area contributed by atoms with E-state index in [1.54, 1.807) is 6.07 Å². The molecule has 0 spiro atoms. The molecule has 1 aliphatic heterocycles. The van der Waals surface area contributed by atoms with E-state index in [0.717, 1.165) is 22.6 Å². The van der Waals surface area contributed by atoms with Crippen LogP contribution in [0.4, 0.5) is 13.2 Å². The van der Waals surface area contributed by atoms with E-state index in [1.807, 2.05) is 0 Å². The van der Waals surface area contributed by atoms with E-state index < -0.39 is 64.2 Å². The predicted molar refractivity (Wildman–Crippen MR) is 120 cm³/mol. The average Bonchev–Trinajstić information content (AvgIpc) is 3.28. The monoisotopic (exact) mass is 612 g/mol. The zero-order chi connectivity index (χ0) is 26.2. The van der Waals surface area contributed by atoms with Gasteiger partial charge in [-0.2, -0.15) is 8.42 Å². The first-order chi connectivity index (χ1) is 17.0. The molecule has 0 radical (unpaired) electrons. The normalized spacial score (nSPS) is 24.7. The molecule has 0 amide bonds. The van der Waals surface area contributed by atoms with Gasteiger partial charge in [0.1, 0.15) is 35.5 Å². The maximum atomic E-state index is 13.7. The zero-order valence-corrected chi connectivity index (χ0v) is 20.9. The molecule has 0 saturated carbocycles. The van der Waals surface area contributed by atoms with Gasteiger partial charge in [0.2, 0.25) is 0 Å². The third-order valence-corrected chi connectivity index (χ3v) is 7.09. The molecule has 1 aliphatic rings. The number of aliphatic hydroxyl groups excluding tert-OH is 2. The highest BCUT2D eigenvalue weighted by molar-refractivity contribution is 9.10. The molecule has 3 aromatic rings. The first kappa shape index (κ1) is 26.9. The van der Waals surface area contributed by atoms with E-state index in [1.165, 1.54) is 12.4 Å². The Bertz CT molecular complexity index is 1340. The first-order valence-corrected chi connectivity index (χ1v) is 12.9. The van der Waals surface area contributed by atoms with Gasteiger partial charge in [0.25, 0.3) is 0 Å². The second kappa shape index (κ2) is 10.7. The van der Waals surface area contributed by atoms with Crippen molar-refractivity contribution in [2.45, 2.75) is 34.7 Å². The van der Waals surface area contributed by atoms with Crippen molar-refractivity contribution in [1.29, 1.82) is 0 Å². The van der Waals surface area contributed by atoms with Crippen LogP contribution < -0.4 is 0 Å². The first-order valence-electron chi connectivity index (χ1n) is 9.91. The van der Waals surface area contributed by atoms with Gasteiger partial charge in [-0.25, -0.2) is 22.0 Å². The Labute approximate surface area is 214 Å². The summed E-state index contributed by atoms with van der Waals surface area (Å²) in [5.41, 5.74) is -1.60.